The summed E-state index contributed by atoms with van der Waals surface area (Å²) in [6, 6.07) is 3.74. The monoisotopic (exact) mass is 402 g/mol. The molecule has 0 bridgehead atoms. The van der Waals surface area contributed by atoms with Crippen molar-refractivity contribution >= 4 is 23.6 Å². The van der Waals surface area contributed by atoms with Gasteiger partial charge in [0.15, 0.2) is 0 Å². The van der Waals surface area contributed by atoms with Crippen LogP contribution in [0.5, 0.6) is 0 Å². The number of aliphatic imine (C=N–C) groups is 1. The van der Waals surface area contributed by atoms with Gasteiger partial charge in [0, 0.05) is 38.5 Å². The summed E-state index contributed by atoms with van der Waals surface area (Å²) in [5, 5.41) is 7.15. The van der Waals surface area contributed by atoms with Gasteiger partial charge in [0.1, 0.15) is 11.4 Å². The van der Waals surface area contributed by atoms with Gasteiger partial charge in [0.2, 0.25) is 5.96 Å². The van der Waals surface area contributed by atoms with E-state index >= 15 is 4.39 Å². The summed E-state index contributed by atoms with van der Waals surface area (Å²) >= 11 is 0. The number of urea groups is 1. The minimum Gasteiger partial charge on any atom is -0.369 e. The van der Waals surface area contributed by atoms with Crippen molar-refractivity contribution in [2.24, 2.45) is 17.8 Å². The van der Waals surface area contributed by atoms with Crippen LogP contribution in [0.3, 0.4) is 0 Å². The van der Waals surface area contributed by atoms with Gasteiger partial charge in [-0.15, -0.1) is 0 Å². The molecule has 10 heteroatoms. The number of aryl methyl sites for hydroxylation is 2. The lowest BCUT2D eigenvalue weighted by atomic mass is 9.97. The van der Waals surface area contributed by atoms with E-state index in [2.05, 4.69) is 20.9 Å². The first-order valence-corrected chi connectivity index (χ1v) is 8.80. The van der Waals surface area contributed by atoms with Gasteiger partial charge in [-0.2, -0.15) is 0 Å². The van der Waals surface area contributed by atoms with Gasteiger partial charge < -0.3 is 20.9 Å². The first-order chi connectivity index (χ1) is 13.7. The van der Waals surface area contributed by atoms with Gasteiger partial charge in [-0.05, 0) is 37.1 Å². The van der Waals surface area contributed by atoms with E-state index in [0.717, 1.165) is 0 Å². The minimum atomic E-state index is -0.854. The third-order valence-electron chi connectivity index (χ3n) is 4.11. The molecule has 1 heterocycles. The molecule has 0 aliphatic carbocycles. The zero-order valence-corrected chi connectivity index (χ0v) is 16.6. The number of aromatic nitrogens is 1. The van der Waals surface area contributed by atoms with Crippen molar-refractivity contribution in [2.75, 3.05) is 13.6 Å². The fourth-order valence-electron chi connectivity index (χ4n) is 2.66. The quantitative estimate of drug-likeness (QED) is 0.451. The van der Waals surface area contributed by atoms with Crippen LogP contribution in [-0.4, -0.2) is 36.1 Å². The number of rotatable bonds is 4. The highest BCUT2D eigenvalue weighted by molar-refractivity contribution is 6.03. The van der Waals surface area contributed by atoms with Crippen molar-refractivity contribution in [1.82, 2.24) is 20.5 Å². The van der Waals surface area contributed by atoms with E-state index in [1.54, 1.807) is 27.0 Å². The van der Waals surface area contributed by atoms with E-state index in [4.69, 9.17) is 5.73 Å². The van der Waals surface area contributed by atoms with Crippen molar-refractivity contribution in [2.45, 2.75) is 13.8 Å². The maximum absolute atomic E-state index is 15.3. The molecular weight excluding hydrogens is 379 g/mol. The second-order valence-corrected chi connectivity index (χ2v) is 6.20. The third-order valence-corrected chi connectivity index (χ3v) is 4.11. The van der Waals surface area contributed by atoms with Crippen LogP contribution in [0.25, 0.3) is 11.1 Å². The van der Waals surface area contributed by atoms with Crippen LogP contribution >= 0.6 is 0 Å². The minimum absolute atomic E-state index is 0.0243. The van der Waals surface area contributed by atoms with Crippen molar-refractivity contribution in [3.63, 3.8) is 0 Å². The van der Waals surface area contributed by atoms with Crippen LogP contribution < -0.4 is 27.2 Å². The number of guanidine groups is 1. The fraction of sp³-hybridized carbons (Fsp3) is 0.263. The zero-order chi connectivity index (χ0) is 21.7. The summed E-state index contributed by atoms with van der Waals surface area (Å²) in [4.78, 5) is 40.0. The van der Waals surface area contributed by atoms with Gasteiger partial charge in [0.05, 0.1) is 5.69 Å². The highest BCUT2D eigenvalue weighted by Gasteiger charge is 2.23. The normalized spacial score (nSPS) is 11.1. The fourth-order valence-corrected chi connectivity index (χ4v) is 2.66. The summed E-state index contributed by atoms with van der Waals surface area (Å²) in [5.41, 5.74) is 5.87. The second-order valence-electron chi connectivity index (χ2n) is 6.20. The van der Waals surface area contributed by atoms with E-state index in [0.29, 0.717) is 17.7 Å². The number of amides is 3. The molecule has 0 saturated heterocycles. The maximum Gasteiger partial charge on any atom is 0.321 e. The number of nitrogens with zero attached hydrogens (tertiary/aromatic N) is 2. The Morgan fingerprint density at radius 3 is 2.59 bits per heavy atom. The predicted octanol–water partition coefficient (Wildman–Crippen LogP) is 1.12. The van der Waals surface area contributed by atoms with E-state index < -0.39 is 17.8 Å². The molecule has 0 spiro atoms. The number of halogens is 1. The predicted molar refractivity (Wildman–Crippen MR) is 109 cm³/mol. The number of hydrogen-bond acceptors (Lipinski definition) is 4. The highest BCUT2D eigenvalue weighted by Crippen LogP contribution is 2.34. The van der Waals surface area contributed by atoms with Gasteiger partial charge in [-0.1, -0.05) is 0 Å². The first kappa shape index (κ1) is 21.6. The lowest BCUT2D eigenvalue weighted by Gasteiger charge is -2.14. The summed E-state index contributed by atoms with van der Waals surface area (Å²) < 4.78 is 16.7. The Bertz CT molecular complexity index is 1040. The number of nitrogens with two attached hydrogens (primary N) is 1. The summed E-state index contributed by atoms with van der Waals surface area (Å²) in [7, 11) is 2.93. The molecule has 5 N–H and O–H groups in total. The molecule has 0 unspecified atom stereocenters. The molecule has 0 atom stereocenters. The Labute approximate surface area is 166 Å². The maximum atomic E-state index is 15.3. The Balaban J connectivity index is 2.65. The molecule has 154 valence electrons. The van der Waals surface area contributed by atoms with Crippen LogP contribution in [0.1, 0.15) is 22.8 Å². The Hall–Kier alpha value is -3.69. The van der Waals surface area contributed by atoms with Gasteiger partial charge in [-0.3, -0.25) is 14.9 Å². The summed E-state index contributed by atoms with van der Waals surface area (Å²) in [6.07, 6.45) is 1.51. The van der Waals surface area contributed by atoms with Gasteiger partial charge in [-0.25, -0.2) is 14.2 Å². The number of pyridine rings is 1. The van der Waals surface area contributed by atoms with Crippen LogP contribution in [0.4, 0.5) is 14.9 Å². The van der Waals surface area contributed by atoms with E-state index in [-0.39, 0.29) is 28.3 Å². The average Bonchev–Trinajstić information content (AvgIpc) is 2.66. The van der Waals surface area contributed by atoms with Crippen LogP contribution in [-0.2, 0) is 7.05 Å². The number of benzene rings is 1. The highest BCUT2D eigenvalue weighted by atomic mass is 19.1. The van der Waals surface area contributed by atoms with E-state index in [1.807, 2.05) is 0 Å². The smallest absolute Gasteiger partial charge is 0.321 e. The van der Waals surface area contributed by atoms with E-state index in [9.17, 15) is 14.4 Å². The summed E-state index contributed by atoms with van der Waals surface area (Å²) in [5.74, 6) is -1.88. The SMILES string of the molecule is CCNC(=O)NC(N)=Nc1c(C)cc(-c2ccn(C)c(=O)c2)c(F)c1C(=O)NC. The molecule has 1 aromatic heterocycles. The van der Waals surface area contributed by atoms with Gasteiger partial charge in [0.25, 0.3) is 11.5 Å². The molecule has 0 fully saturated rings. The molecule has 3 amide bonds. The Kier molecular flexibility index (Phi) is 6.71. The van der Waals surface area contributed by atoms with E-state index in [1.165, 1.54) is 29.9 Å². The first-order valence-electron chi connectivity index (χ1n) is 8.80. The average molecular weight is 402 g/mol. The number of nitrogens with one attached hydrogen (secondary N) is 3. The Morgan fingerprint density at radius 2 is 2.00 bits per heavy atom. The molecular formula is C19H23FN6O3. The molecule has 9 nitrogen and oxygen atoms in total. The van der Waals surface area contributed by atoms with Crippen molar-refractivity contribution in [1.29, 1.82) is 0 Å². The van der Waals surface area contributed by atoms with Gasteiger partial charge >= 0.3 is 6.03 Å². The largest absolute Gasteiger partial charge is 0.369 e. The van der Waals surface area contributed by atoms with Crippen LogP contribution in [0.15, 0.2) is 34.2 Å². The molecule has 2 rings (SSSR count). The standard InChI is InChI=1S/C19H23FN6O3/c1-5-23-19(29)25-18(21)24-16-10(2)8-12(15(20)14(16)17(28)22-3)11-6-7-26(4)13(27)9-11/h6-9H,5H2,1-4H3,(H,22,28)(H4,21,23,24,25,29). The third kappa shape index (κ3) is 4.78. The second kappa shape index (κ2) is 9.00. The van der Waals surface area contributed by atoms with Crippen molar-refractivity contribution < 1.29 is 14.0 Å². The van der Waals surface area contributed by atoms with Crippen molar-refractivity contribution in [3.05, 3.63) is 51.7 Å². The van der Waals surface area contributed by atoms with Crippen LogP contribution in [0.2, 0.25) is 0 Å². The molecule has 1 aromatic carbocycles. The number of hydrogen-bond donors (Lipinski definition) is 4. The molecule has 0 aliphatic rings. The molecule has 0 saturated carbocycles. The number of carbonyl (C=O) groups excluding carboxylic acids is 2. The summed E-state index contributed by atoms with van der Waals surface area (Å²) in [6.45, 7) is 3.72. The topological polar surface area (TPSA) is 131 Å². The lowest BCUT2D eigenvalue weighted by Crippen LogP contribution is -2.43. The van der Waals surface area contributed by atoms with Crippen LogP contribution in [0, 0.1) is 12.7 Å². The molecule has 29 heavy (non-hydrogen) atoms. The van der Waals surface area contributed by atoms with Crippen molar-refractivity contribution in [3.8, 4) is 11.1 Å². The zero-order valence-electron chi connectivity index (χ0n) is 16.6. The number of carbonyl (C=O) groups is 2. The molecule has 0 aliphatic heterocycles. The lowest BCUT2D eigenvalue weighted by molar-refractivity contribution is 0.0960. The Morgan fingerprint density at radius 1 is 1.31 bits per heavy atom. The molecule has 0 radical (unpaired) electrons. The molecule has 2 aromatic rings.